The van der Waals surface area contributed by atoms with Crippen molar-refractivity contribution in [2.45, 2.75) is 12.5 Å². The Hall–Kier alpha value is -3.06. The largest absolute Gasteiger partial charge is 0.247 e. The van der Waals surface area contributed by atoms with E-state index in [4.69, 9.17) is 26.7 Å². The van der Waals surface area contributed by atoms with Crippen LogP contribution in [0.2, 0.25) is 5.02 Å². The van der Waals surface area contributed by atoms with Crippen LogP contribution in [0.5, 0.6) is 0 Å². The average Bonchev–Trinajstić information content (AvgIpc) is 3.34. The van der Waals surface area contributed by atoms with E-state index < -0.39 is 0 Å². The minimum absolute atomic E-state index is 0.0456. The summed E-state index contributed by atoms with van der Waals surface area (Å²) < 4.78 is 2.05. The van der Waals surface area contributed by atoms with Gasteiger partial charge in [-0.25, -0.2) is 15.0 Å². The van der Waals surface area contributed by atoms with Gasteiger partial charge in [0.15, 0.2) is 0 Å². The lowest BCUT2D eigenvalue weighted by molar-refractivity contribution is 0.688. The molecule has 1 aromatic heterocycles. The highest BCUT2D eigenvalue weighted by atomic mass is 79.9. The molecule has 0 radical (unpaired) electrons. The van der Waals surface area contributed by atoms with Gasteiger partial charge in [0.05, 0.1) is 23.0 Å². The van der Waals surface area contributed by atoms with E-state index in [1.165, 1.54) is 0 Å². The van der Waals surface area contributed by atoms with Crippen molar-refractivity contribution >= 4 is 66.0 Å². The maximum Gasteiger partial charge on any atom is 0.247 e. The van der Waals surface area contributed by atoms with Gasteiger partial charge in [0.2, 0.25) is 5.95 Å². The molecule has 0 N–H and O–H groups in total. The Labute approximate surface area is 230 Å². The number of hydrogen-bond acceptors (Lipinski definition) is 4. The molecule has 1 unspecified atom stereocenters. The Kier molecular flexibility index (Phi) is 6.34. The Morgan fingerprint density at radius 2 is 1.50 bits per heavy atom. The van der Waals surface area contributed by atoms with E-state index in [9.17, 15) is 0 Å². The van der Waals surface area contributed by atoms with Gasteiger partial charge in [0.25, 0.3) is 0 Å². The van der Waals surface area contributed by atoms with Gasteiger partial charge in [0, 0.05) is 31.3 Å². The fourth-order valence-electron chi connectivity index (χ4n) is 4.51. The normalized spacial score (nSPS) is 15.4. The Balaban J connectivity index is 1.53. The second-order valence-electron chi connectivity index (χ2n) is 8.57. The van der Waals surface area contributed by atoms with Gasteiger partial charge >= 0.3 is 0 Å². The molecule has 7 heteroatoms. The first-order valence-corrected chi connectivity index (χ1v) is 13.4. The number of rotatable bonds is 4. The fraction of sp³-hybridized carbons (Fsp3) is 0.0690. The Bertz CT molecular complexity index is 1620. The van der Waals surface area contributed by atoms with Crippen molar-refractivity contribution in [2.75, 3.05) is 5.01 Å². The fourth-order valence-corrected chi connectivity index (χ4v) is 5.45. The molecular formula is C29H19Br2ClN4. The summed E-state index contributed by atoms with van der Waals surface area (Å²) >= 11 is 13.4. The van der Waals surface area contributed by atoms with Crippen LogP contribution in [0.15, 0.2) is 111 Å². The smallest absolute Gasteiger partial charge is 0.223 e. The molecular weight excluding hydrogens is 600 g/mol. The number of fused-ring (bicyclic) bond motifs is 1. The van der Waals surface area contributed by atoms with E-state index in [-0.39, 0.29) is 6.04 Å². The first-order valence-electron chi connectivity index (χ1n) is 11.5. The Morgan fingerprint density at radius 3 is 2.28 bits per heavy atom. The maximum atomic E-state index is 6.17. The highest BCUT2D eigenvalue weighted by molar-refractivity contribution is 9.10. The van der Waals surface area contributed by atoms with Crippen LogP contribution in [0.3, 0.4) is 0 Å². The monoisotopic (exact) mass is 616 g/mol. The summed E-state index contributed by atoms with van der Waals surface area (Å²) in [5.74, 6) is 0.564. The topological polar surface area (TPSA) is 41.4 Å². The number of halogens is 3. The van der Waals surface area contributed by atoms with E-state index in [1.54, 1.807) is 0 Å². The predicted molar refractivity (Wildman–Crippen MR) is 155 cm³/mol. The molecule has 5 aromatic rings. The number of aromatic nitrogens is 2. The third-order valence-electron chi connectivity index (χ3n) is 6.22. The van der Waals surface area contributed by atoms with Crippen molar-refractivity contribution in [3.05, 3.63) is 122 Å². The quantitative estimate of drug-likeness (QED) is 0.202. The summed E-state index contributed by atoms with van der Waals surface area (Å²) in [5, 5.41) is 8.72. The molecule has 2 heterocycles. The van der Waals surface area contributed by atoms with Crippen molar-refractivity contribution in [2.24, 2.45) is 5.10 Å². The number of benzene rings is 4. The number of nitrogens with zero attached hydrogens (tertiary/aromatic N) is 4. The van der Waals surface area contributed by atoms with Crippen LogP contribution < -0.4 is 5.01 Å². The second-order valence-corrected chi connectivity index (χ2v) is 10.8. The summed E-state index contributed by atoms with van der Waals surface area (Å²) in [6.45, 7) is 0. The highest BCUT2D eigenvalue weighted by Crippen LogP contribution is 2.38. The molecule has 4 nitrogen and oxygen atoms in total. The third-order valence-corrected chi connectivity index (χ3v) is 7.45. The van der Waals surface area contributed by atoms with Crippen molar-refractivity contribution in [1.29, 1.82) is 0 Å². The molecule has 0 aliphatic carbocycles. The third kappa shape index (κ3) is 4.57. The zero-order valence-electron chi connectivity index (χ0n) is 18.9. The summed E-state index contributed by atoms with van der Waals surface area (Å²) in [6.07, 6.45) is 0.735. The molecule has 0 amide bonds. The molecule has 0 saturated heterocycles. The van der Waals surface area contributed by atoms with Crippen LogP contribution in [-0.2, 0) is 0 Å². The van der Waals surface area contributed by atoms with Crippen LogP contribution in [0, 0.1) is 0 Å². The van der Waals surface area contributed by atoms with E-state index in [1.807, 2.05) is 65.7 Å². The summed E-state index contributed by atoms with van der Waals surface area (Å²) in [4.78, 5) is 10.0. The van der Waals surface area contributed by atoms with Crippen LogP contribution >= 0.6 is 43.5 Å². The molecule has 1 aliphatic heterocycles. The molecule has 1 atom stereocenters. The summed E-state index contributed by atoms with van der Waals surface area (Å²) in [6, 6.07) is 32.4. The van der Waals surface area contributed by atoms with Crippen molar-refractivity contribution < 1.29 is 0 Å². The Morgan fingerprint density at radius 1 is 0.750 bits per heavy atom. The van der Waals surface area contributed by atoms with Crippen molar-refractivity contribution in [3.63, 3.8) is 0 Å². The lowest BCUT2D eigenvalue weighted by atomic mass is 9.98. The van der Waals surface area contributed by atoms with Gasteiger partial charge in [-0.3, -0.25) is 0 Å². The summed E-state index contributed by atoms with van der Waals surface area (Å²) in [5.41, 5.74) is 5.91. The van der Waals surface area contributed by atoms with Crippen molar-refractivity contribution in [3.8, 4) is 11.3 Å². The highest BCUT2D eigenvalue weighted by Gasteiger charge is 2.32. The predicted octanol–water partition coefficient (Wildman–Crippen LogP) is 8.83. The number of para-hydroxylation sites is 1. The van der Waals surface area contributed by atoms with Crippen LogP contribution in [0.1, 0.15) is 23.6 Å². The zero-order valence-corrected chi connectivity index (χ0v) is 22.9. The molecule has 4 aromatic carbocycles. The standard InChI is InChI=1S/C29H19Br2ClN4/c30-21-7-3-5-19(15-21)26-17-27(20-6-4-8-22(31)16-20)36(35-26)29-33-25-10-2-1-9-24(25)28(34-29)18-11-13-23(32)14-12-18/h1-16,27H,17H2. The lowest BCUT2D eigenvalue weighted by Crippen LogP contribution is -2.21. The van der Waals surface area contributed by atoms with Crippen LogP contribution in [0.4, 0.5) is 5.95 Å². The van der Waals surface area contributed by atoms with Gasteiger partial charge in [0.1, 0.15) is 0 Å². The van der Waals surface area contributed by atoms with E-state index in [0.717, 1.165) is 54.4 Å². The molecule has 0 fully saturated rings. The van der Waals surface area contributed by atoms with Crippen LogP contribution in [0.25, 0.3) is 22.2 Å². The first-order chi connectivity index (χ1) is 17.5. The van der Waals surface area contributed by atoms with Gasteiger partial charge < -0.3 is 0 Å². The SMILES string of the molecule is Clc1ccc(-c2nc(N3N=C(c4cccc(Br)c4)CC3c3cccc(Br)c3)nc3ccccc23)cc1. The number of anilines is 1. The van der Waals surface area contributed by atoms with Gasteiger partial charge in [-0.1, -0.05) is 98.1 Å². The zero-order chi connectivity index (χ0) is 24.6. The molecule has 36 heavy (non-hydrogen) atoms. The van der Waals surface area contributed by atoms with E-state index in [2.05, 4.69) is 68.3 Å². The second kappa shape index (κ2) is 9.77. The lowest BCUT2D eigenvalue weighted by Gasteiger charge is -2.23. The summed E-state index contributed by atoms with van der Waals surface area (Å²) in [7, 11) is 0. The maximum absolute atomic E-state index is 6.17. The number of hydrazone groups is 1. The average molecular weight is 619 g/mol. The molecule has 0 saturated carbocycles. The van der Waals surface area contributed by atoms with Gasteiger partial charge in [-0.2, -0.15) is 5.10 Å². The minimum atomic E-state index is -0.0456. The van der Waals surface area contributed by atoms with Gasteiger partial charge in [-0.15, -0.1) is 0 Å². The molecule has 176 valence electrons. The van der Waals surface area contributed by atoms with Gasteiger partial charge in [-0.05, 0) is 53.6 Å². The van der Waals surface area contributed by atoms with E-state index >= 15 is 0 Å². The molecule has 0 spiro atoms. The first kappa shape index (κ1) is 23.3. The van der Waals surface area contributed by atoms with Crippen LogP contribution in [-0.4, -0.2) is 15.7 Å². The molecule has 1 aliphatic rings. The molecule has 0 bridgehead atoms. The molecule has 6 rings (SSSR count). The van der Waals surface area contributed by atoms with E-state index in [0.29, 0.717) is 11.0 Å². The minimum Gasteiger partial charge on any atom is -0.223 e. The van der Waals surface area contributed by atoms with Crippen molar-refractivity contribution in [1.82, 2.24) is 9.97 Å². The number of hydrogen-bond donors (Lipinski definition) is 0.